The molecule has 1 aliphatic rings. The van der Waals surface area contributed by atoms with E-state index in [0.717, 1.165) is 12.0 Å². The van der Waals surface area contributed by atoms with Gasteiger partial charge in [0.15, 0.2) is 0 Å². The van der Waals surface area contributed by atoms with Crippen LogP contribution in [0.15, 0.2) is 48.5 Å². The molecule has 0 bridgehead atoms. The van der Waals surface area contributed by atoms with Gasteiger partial charge in [0.1, 0.15) is 6.04 Å². The van der Waals surface area contributed by atoms with Crippen LogP contribution < -0.4 is 5.32 Å². The molecule has 0 fully saturated rings. The molecule has 0 heterocycles. The Labute approximate surface area is 137 Å². The van der Waals surface area contributed by atoms with Crippen LogP contribution in [0.1, 0.15) is 35.1 Å². The van der Waals surface area contributed by atoms with Crippen LogP contribution >= 0.6 is 0 Å². The molecule has 23 heavy (non-hydrogen) atoms. The van der Waals surface area contributed by atoms with Crippen LogP contribution in [0.3, 0.4) is 0 Å². The first-order chi connectivity index (χ1) is 11.2. The third-order valence-electron chi connectivity index (χ3n) is 4.55. The lowest BCUT2D eigenvalue weighted by molar-refractivity contribution is -0.139. The molecule has 0 spiro atoms. The van der Waals surface area contributed by atoms with Crippen molar-refractivity contribution in [2.75, 3.05) is 0 Å². The predicted octanol–water partition coefficient (Wildman–Crippen LogP) is 3.35. The molecule has 3 rings (SSSR count). The summed E-state index contributed by atoms with van der Waals surface area (Å²) in [5, 5.41) is 12.6. The number of benzene rings is 2. The number of hydrogen-bond acceptors (Lipinski definition) is 2. The summed E-state index contributed by atoms with van der Waals surface area (Å²) in [4.78, 5) is 11.5. The molecule has 2 aromatic rings. The molecule has 0 amide bonds. The number of nitrogens with one attached hydrogen (secondary N) is 1. The summed E-state index contributed by atoms with van der Waals surface area (Å²) in [6.07, 6.45) is 5.36. The summed E-state index contributed by atoms with van der Waals surface area (Å²) >= 11 is 0. The fourth-order valence-corrected chi connectivity index (χ4v) is 3.23. The van der Waals surface area contributed by atoms with Gasteiger partial charge in [-0.3, -0.25) is 4.79 Å². The summed E-state index contributed by atoms with van der Waals surface area (Å²) in [5.74, 6) is -0.799. The fourth-order valence-electron chi connectivity index (χ4n) is 3.23. The first kappa shape index (κ1) is 15.8. The van der Waals surface area contributed by atoms with Crippen molar-refractivity contribution in [3.05, 3.63) is 70.8 Å². The Morgan fingerprint density at radius 3 is 2.48 bits per heavy atom. The van der Waals surface area contributed by atoms with Crippen LogP contribution in [0, 0.1) is 0 Å². The molecule has 1 aliphatic carbocycles. The zero-order valence-electron chi connectivity index (χ0n) is 13.3. The SMILES string of the molecule is O=C(O)[C@H](Cc1ccccc1)NCc1ccc2c(c1)CCCC2. The second kappa shape index (κ2) is 7.42. The van der Waals surface area contributed by atoms with E-state index in [2.05, 4.69) is 23.5 Å². The molecule has 0 saturated carbocycles. The first-order valence-corrected chi connectivity index (χ1v) is 8.33. The van der Waals surface area contributed by atoms with Crippen LogP contribution in [0.5, 0.6) is 0 Å². The number of carbonyl (C=O) groups is 1. The zero-order chi connectivity index (χ0) is 16.1. The molecule has 1 atom stereocenters. The van der Waals surface area contributed by atoms with Crippen LogP contribution in [-0.2, 0) is 30.6 Å². The minimum absolute atomic E-state index is 0.501. The highest BCUT2D eigenvalue weighted by Gasteiger charge is 2.17. The Morgan fingerprint density at radius 1 is 1.00 bits per heavy atom. The van der Waals surface area contributed by atoms with E-state index in [0.29, 0.717) is 13.0 Å². The molecule has 120 valence electrons. The Kier molecular flexibility index (Phi) is 5.09. The quantitative estimate of drug-likeness (QED) is 0.860. The van der Waals surface area contributed by atoms with Crippen molar-refractivity contribution >= 4 is 5.97 Å². The van der Waals surface area contributed by atoms with Crippen LogP contribution in [0.4, 0.5) is 0 Å². The van der Waals surface area contributed by atoms with Crippen molar-refractivity contribution in [2.24, 2.45) is 0 Å². The first-order valence-electron chi connectivity index (χ1n) is 8.33. The van der Waals surface area contributed by atoms with Crippen LogP contribution in [0.25, 0.3) is 0 Å². The fraction of sp³-hybridized carbons (Fsp3) is 0.350. The third kappa shape index (κ3) is 4.20. The number of fused-ring (bicyclic) bond motifs is 1. The lowest BCUT2D eigenvalue weighted by atomic mass is 9.90. The summed E-state index contributed by atoms with van der Waals surface area (Å²) in [6.45, 7) is 0.594. The number of hydrogen-bond donors (Lipinski definition) is 2. The summed E-state index contributed by atoms with van der Waals surface area (Å²) in [6, 6.07) is 15.8. The van der Waals surface area contributed by atoms with Crippen molar-refractivity contribution in [3.8, 4) is 0 Å². The zero-order valence-corrected chi connectivity index (χ0v) is 13.3. The van der Waals surface area contributed by atoms with Gasteiger partial charge in [-0.15, -0.1) is 0 Å². The predicted molar refractivity (Wildman–Crippen MR) is 91.5 cm³/mol. The lowest BCUT2D eigenvalue weighted by Gasteiger charge is -2.18. The van der Waals surface area contributed by atoms with Crippen molar-refractivity contribution in [2.45, 2.75) is 44.7 Å². The Bertz CT molecular complexity index is 667. The molecule has 2 N–H and O–H groups in total. The van der Waals surface area contributed by atoms with Gasteiger partial charge in [0.2, 0.25) is 0 Å². The molecule has 0 unspecified atom stereocenters. The van der Waals surface area contributed by atoms with Gasteiger partial charge in [-0.2, -0.15) is 0 Å². The number of rotatable bonds is 6. The monoisotopic (exact) mass is 309 g/mol. The number of aliphatic carboxylic acids is 1. The summed E-state index contributed by atoms with van der Waals surface area (Å²) in [5.41, 5.74) is 5.10. The summed E-state index contributed by atoms with van der Waals surface area (Å²) < 4.78 is 0. The molecule has 0 saturated heterocycles. The highest BCUT2D eigenvalue weighted by molar-refractivity contribution is 5.73. The topological polar surface area (TPSA) is 49.3 Å². The standard InChI is InChI=1S/C20H23NO2/c22-20(23)19(13-15-6-2-1-3-7-15)21-14-16-10-11-17-8-4-5-9-18(17)12-16/h1-3,6-7,10-12,19,21H,4-5,8-9,13-14H2,(H,22,23)/t19-/m0/s1. The van der Waals surface area contributed by atoms with E-state index in [9.17, 15) is 9.90 Å². The third-order valence-corrected chi connectivity index (χ3v) is 4.55. The number of carboxylic acid groups (broad SMARTS) is 1. The second-order valence-corrected chi connectivity index (χ2v) is 6.27. The van der Waals surface area contributed by atoms with Gasteiger partial charge in [-0.05, 0) is 54.4 Å². The molecule has 2 aromatic carbocycles. The average molecular weight is 309 g/mol. The molecule has 0 aromatic heterocycles. The van der Waals surface area contributed by atoms with Gasteiger partial charge in [0, 0.05) is 6.54 Å². The van der Waals surface area contributed by atoms with E-state index in [4.69, 9.17) is 0 Å². The summed E-state index contributed by atoms with van der Waals surface area (Å²) in [7, 11) is 0. The molecular weight excluding hydrogens is 286 g/mol. The van der Waals surface area contributed by atoms with Gasteiger partial charge in [-0.1, -0.05) is 48.5 Å². The average Bonchev–Trinajstić information content (AvgIpc) is 2.59. The van der Waals surface area contributed by atoms with Gasteiger partial charge in [-0.25, -0.2) is 0 Å². The maximum atomic E-state index is 11.5. The molecular formula is C20H23NO2. The normalized spacial score (nSPS) is 15.0. The molecule has 0 radical (unpaired) electrons. The Balaban J connectivity index is 1.64. The van der Waals surface area contributed by atoms with E-state index in [1.165, 1.54) is 36.0 Å². The van der Waals surface area contributed by atoms with Crippen molar-refractivity contribution in [3.63, 3.8) is 0 Å². The van der Waals surface area contributed by atoms with E-state index < -0.39 is 12.0 Å². The van der Waals surface area contributed by atoms with Crippen LogP contribution in [-0.4, -0.2) is 17.1 Å². The smallest absolute Gasteiger partial charge is 0.321 e. The second-order valence-electron chi connectivity index (χ2n) is 6.27. The van der Waals surface area contributed by atoms with Crippen molar-refractivity contribution in [1.82, 2.24) is 5.32 Å². The highest BCUT2D eigenvalue weighted by Crippen LogP contribution is 2.22. The minimum atomic E-state index is -0.799. The maximum Gasteiger partial charge on any atom is 0.321 e. The number of aryl methyl sites for hydroxylation is 2. The van der Waals surface area contributed by atoms with Crippen molar-refractivity contribution in [1.29, 1.82) is 0 Å². The van der Waals surface area contributed by atoms with E-state index in [-0.39, 0.29) is 0 Å². The molecule has 3 nitrogen and oxygen atoms in total. The van der Waals surface area contributed by atoms with E-state index >= 15 is 0 Å². The molecule has 0 aliphatic heterocycles. The van der Waals surface area contributed by atoms with Gasteiger partial charge >= 0.3 is 5.97 Å². The van der Waals surface area contributed by atoms with E-state index in [1.54, 1.807) is 0 Å². The Hall–Kier alpha value is -2.13. The lowest BCUT2D eigenvalue weighted by Crippen LogP contribution is -2.38. The Morgan fingerprint density at radius 2 is 1.74 bits per heavy atom. The minimum Gasteiger partial charge on any atom is -0.480 e. The van der Waals surface area contributed by atoms with Crippen LogP contribution in [0.2, 0.25) is 0 Å². The van der Waals surface area contributed by atoms with Crippen molar-refractivity contribution < 1.29 is 9.90 Å². The van der Waals surface area contributed by atoms with Gasteiger partial charge < -0.3 is 10.4 Å². The number of carboxylic acids is 1. The highest BCUT2D eigenvalue weighted by atomic mass is 16.4. The van der Waals surface area contributed by atoms with E-state index in [1.807, 2.05) is 30.3 Å². The van der Waals surface area contributed by atoms with Gasteiger partial charge in [0.05, 0.1) is 0 Å². The van der Waals surface area contributed by atoms with Gasteiger partial charge in [0.25, 0.3) is 0 Å². The largest absolute Gasteiger partial charge is 0.480 e. The molecule has 3 heteroatoms. The maximum absolute atomic E-state index is 11.5.